The maximum atomic E-state index is 13.6. The fourth-order valence-corrected chi connectivity index (χ4v) is 3.19. The van der Waals surface area contributed by atoms with Gasteiger partial charge in [0, 0.05) is 24.7 Å². The summed E-state index contributed by atoms with van der Waals surface area (Å²) < 4.78 is 70.3. The summed E-state index contributed by atoms with van der Waals surface area (Å²) in [5, 5.41) is 20.9. The number of anilines is 1. The van der Waals surface area contributed by atoms with Gasteiger partial charge in [-0.1, -0.05) is 17.3 Å². The number of hydrogen-bond acceptors (Lipinski definition) is 7. The monoisotopic (exact) mass is 528 g/mol. The summed E-state index contributed by atoms with van der Waals surface area (Å²) in [6, 6.07) is 7.47. The number of carboxylic acid groups (broad SMARTS) is 2. The minimum Gasteiger partial charge on any atom is -0.473 e. The fraction of sp³-hybridized carbons (Fsp3) is 0.227. The van der Waals surface area contributed by atoms with E-state index < -0.39 is 41.2 Å². The molecule has 0 aliphatic carbocycles. The predicted molar refractivity (Wildman–Crippen MR) is 114 cm³/mol. The third kappa shape index (κ3) is 7.30. The van der Waals surface area contributed by atoms with E-state index in [0.29, 0.717) is 19.2 Å². The van der Waals surface area contributed by atoms with Crippen molar-refractivity contribution in [1.29, 1.82) is 0 Å². The molecule has 0 saturated carbocycles. The Labute approximate surface area is 204 Å². The van der Waals surface area contributed by atoms with Crippen molar-refractivity contribution < 1.29 is 51.1 Å². The lowest BCUT2D eigenvalue weighted by Gasteiger charge is -2.36. The van der Waals surface area contributed by atoms with Gasteiger partial charge < -0.3 is 20.1 Å². The number of aliphatic carboxylic acids is 2. The second-order valence-electron chi connectivity index (χ2n) is 7.71. The Morgan fingerprint density at radius 2 is 1.73 bits per heavy atom. The van der Waals surface area contributed by atoms with Gasteiger partial charge in [0.05, 0.1) is 23.7 Å². The molecule has 3 aromatic rings. The molecule has 1 aliphatic heterocycles. The van der Waals surface area contributed by atoms with Gasteiger partial charge in [-0.15, -0.1) is 0 Å². The number of carboxylic acids is 2. The van der Waals surface area contributed by atoms with Crippen LogP contribution in [0.3, 0.4) is 0 Å². The summed E-state index contributed by atoms with van der Waals surface area (Å²) in [5.74, 6) is -5.61. The van der Waals surface area contributed by atoms with Crippen molar-refractivity contribution >= 4 is 23.5 Å². The molecule has 15 heteroatoms. The van der Waals surface area contributed by atoms with Gasteiger partial charge in [-0.2, -0.15) is 18.2 Å². The van der Waals surface area contributed by atoms with Crippen LogP contribution in [0.1, 0.15) is 17.4 Å². The van der Waals surface area contributed by atoms with E-state index in [1.165, 1.54) is 12.1 Å². The molecule has 1 amide bonds. The summed E-state index contributed by atoms with van der Waals surface area (Å²) in [7, 11) is 0. The molecule has 37 heavy (non-hydrogen) atoms. The van der Waals surface area contributed by atoms with Gasteiger partial charge in [-0.05, 0) is 24.3 Å². The number of carbonyl (C=O) groups is 3. The molecule has 2 heterocycles. The number of aromatic nitrogens is 2. The van der Waals surface area contributed by atoms with Crippen LogP contribution in [0.4, 0.5) is 27.6 Å². The second kappa shape index (κ2) is 11.1. The zero-order valence-corrected chi connectivity index (χ0v) is 18.5. The Morgan fingerprint density at radius 1 is 1.05 bits per heavy atom. The number of benzene rings is 2. The highest BCUT2D eigenvalue weighted by Gasteiger charge is 2.34. The van der Waals surface area contributed by atoms with E-state index >= 15 is 0 Å². The van der Waals surface area contributed by atoms with Crippen LogP contribution in [0.15, 0.2) is 47.0 Å². The van der Waals surface area contributed by atoms with E-state index in [4.69, 9.17) is 24.3 Å². The molecule has 4 rings (SSSR count). The highest BCUT2D eigenvalue weighted by molar-refractivity contribution is 6.27. The molecular formula is C22H17F5N4O6. The van der Waals surface area contributed by atoms with Crippen molar-refractivity contribution in [3.8, 4) is 11.4 Å². The highest BCUT2D eigenvalue weighted by atomic mass is 19.4. The van der Waals surface area contributed by atoms with E-state index in [2.05, 4.69) is 15.5 Å². The van der Waals surface area contributed by atoms with Gasteiger partial charge >= 0.3 is 18.1 Å². The predicted octanol–water partition coefficient (Wildman–Crippen LogP) is 3.23. The molecule has 0 bridgehead atoms. The quantitative estimate of drug-likeness (QED) is 0.336. The Hall–Kier alpha value is -4.40. The number of halogens is 5. The van der Waals surface area contributed by atoms with E-state index in [9.17, 15) is 26.7 Å². The number of rotatable bonds is 5. The molecule has 2 aromatic carbocycles. The molecule has 0 spiro atoms. The molecule has 0 atom stereocenters. The number of nitrogens with zero attached hydrogens (tertiary/aromatic N) is 3. The van der Waals surface area contributed by atoms with E-state index in [1.807, 2.05) is 0 Å². The Kier molecular flexibility index (Phi) is 8.17. The molecule has 0 radical (unpaired) electrons. The van der Waals surface area contributed by atoms with Gasteiger partial charge in [0.15, 0.2) is 0 Å². The maximum absolute atomic E-state index is 13.6. The normalized spacial score (nSPS) is 13.8. The molecule has 1 fully saturated rings. The number of alkyl halides is 3. The molecule has 3 N–H and O–H groups in total. The minimum absolute atomic E-state index is 0.0259. The van der Waals surface area contributed by atoms with Crippen molar-refractivity contribution in [2.24, 2.45) is 0 Å². The summed E-state index contributed by atoms with van der Waals surface area (Å²) in [4.78, 5) is 36.2. The summed E-state index contributed by atoms with van der Waals surface area (Å²) in [6.07, 6.45) is -4.48. The smallest absolute Gasteiger partial charge is 0.416 e. The molecule has 1 aliphatic rings. The molecule has 10 nitrogen and oxygen atoms in total. The van der Waals surface area contributed by atoms with Gasteiger partial charge in [0.1, 0.15) is 11.6 Å². The van der Waals surface area contributed by atoms with Crippen LogP contribution in [-0.2, 0) is 20.6 Å². The second-order valence-corrected chi connectivity index (χ2v) is 7.71. The minimum atomic E-state index is -4.48. The zero-order chi connectivity index (χ0) is 27.3. The summed E-state index contributed by atoms with van der Waals surface area (Å²) >= 11 is 0. The third-order valence-electron chi connectivity index (χ3n) is 4.95. The van der Waals surface area contributed by atoms with E-state index in [1.54, 1.807) is 4.90 Å². The average Bonchev–Trinajstić information content (AvgIpc) is 3.27. The number of nitrogens with one attached hydrogen (secondary N) is 1. The number of hydrogen-bond donors (Lipinski definition) is 3. The van der Waals surface area contributed by atoms with Crippen LogP contribution >= 0.6 is 0 Å². The maximum Gasteiger partial charge on any atom is 0.416 e. The first-order chi connectivity index (χ1) is 17.3. The van der Waals surface area contributed by atoms with Gasteiger partial charge in [-0.3, -0.25) is 9.69 Å². The molecule has 1 saturated heterocycles. The third-order valence-corrected chi connectivity index (χ3v) is 4.95. The lowest BCUT2D eigenvalue weighted by atomic mass is 10.0. The molecule has 1 aromatic heterocycles. The molecule has 196 valence electrons. The Bertz CT molecular complexity index is 1290. The van der Waals surface area contributed by atoms with Crippen molar-refractivity contribution in [2.45, 2.75) is 12.1 Å². The van der Waals surface area contributed by atoms with Crippen LogP contribution < -0.4 is 5.32 Å². The SMILES string of the molecule is O=C(CN1CC(c2nc(-c3cccc(C(F)(F)F)c3)no2)C1)Nc1ccc(F)cc1F.O=C(O)C(=O)O. The van der Waals surface area contributed by atoms with Crippen LogP contribution in [-0.4, -0.2) is 62.7 Å². The number of likely N-dealkylation sites (tertiary alicyclic amines) is 1. The Morgan fingerprint density at radius 3 is 2.32 bits per heavy atom. The summed E-state index contributed by atoms with van der Waals surface area (Å²) in [6.45, 7) is 0.787. The highest BCUT2D eigenvalue weighted by Crippen LogP contribution is 2.32. The van der Waals surface area contributed by atoms with Gasteiger partial charge in [0.2, 0.25) is 17.6 Å². The van der Waals surface area contributed by atoms with E-state index in [0.717, 1.165) is 24.3 Å². The lowest BCUT2D eigenvalue weighted by molar-refractivity contribution is -0.159. The van der Waals surface area contributed by atoms with Crippen molar-refractivity contribution in [1.82, 2.24) is 15.0 Å². The molecule has 0 unspecified atom stereocenters. The first kappa shape index (κ1) is 27.2. The topological polar surface area (TPSA) is 146 Å². The lowest BCUT2D eigenvalue weighted by Crippen LogP contribution is -2.48. The average molecular weight is 528 g/mol. The standard InChI is InChI=1S/C20H15F5N4O2.C2H2O4/c21-14-4-5-16(15(22)7-14)26-17(30)10-29-8-12(9-29)19-27-18(28-31-19)11-2-1-3-13(6-11)20(23,24)25;3-1(4)2(5)6/h1-7,12H,8-10H2,(H,26,30);(H,3,4)(H,5,6). The fourth-order valence-electron chi connectivity index (χ4n) is 3.19. The van der Waals surface area contributed by atoms with E-state index in [-0.39, 0.29) is 35.4 Å². The van der Waals surface area contributed by atoms with Gasteiger partial charge in [0.25, 0.3) is 0 Å². The largest absolute Gasteiger partial charge is 0.473 e. The van der Waals surface area contributed by atoms with Crippen LogP contribution in [0, 0.1) is 11.6 Å². The number of carbonyl (C=O) groups excluding carboxylic acids is 1. The van der Waals surface area contributed by atoms with Crippen LogP contribution in [0.2, 0.25) is 0 Å². The van der Waals surface area contributed by atoms with Crippen molar-refractivity contribution in [2.75, 3.05) is 25.0 Å². The van der Waals surface area contributed by atoms with Crippen molar-refractivity contribution in [3.63, 3.8) is 0 Å². The van der Waals surface area contributed by atoms with Gasteiger partial charge in [-0.25, -0.2) is 18.4 Å². The number of amides is 1. The van der Waals surface area contributed by atoms with Crippen molar-refractivity contribution in [3.05, 3.63) is 65.6 Å². The first-order valence-corrected chi connectivity index (χ1v) is 10.3. The zero-order valence-electron chi connectivity index (χ0n) is 18.5. The summed E-state index contributed by atoms with van der Waals surface area (Å²) in [5.41, 5.74) is -0.748. The first-order valence-electron chi connectivity index (χ1n) is 10.3. The van der Waals surface area contributed by atoms with Crippen LogP contribution in [0.25, 0.3) is 11.4 Å². The van der Waals surface area contributed by atoms with Crippen LogP contribution in [0.5, 0.6) is 0 Å². The Balaban J connectivity index is 0.000000568. The molecular weight excluding hydrogens is 511 g/mol.